The fourth-order valence-corrected chi connectivity index (χ4v) is 4.69. The zero-order valence-electron chi connectivity index (χ0n) is 14.7. The van der Waals surface area contributed by atoms with Crippen LogP contribution in [0.5, 0.6) is 0 Å². The van der Waals surface area contributed by atoms with Crippen LogP contribution >= 0.6 is 11.6 Å². The van der Waals surface area contributed by atoms with Gasteiger partial charge in [-0.15, -0.1) is 0 Å². The van der Waals surface area contributed by atoms with Gasteiger partial charge in [0.25, 0.3) is 0 Å². The summed E-state index contributed by atoms with van der Waals surface area (Å²) in [5.74, 6) is -0.393. The van der Waals surface area contributed by atoms with Gasteiger partial charge < -0.3 is 4.90 Å². The van der Waals surface area contributed by atoms with E-state index < -0.39 is 15.8 Å². The van der Waals surface area contributed by atoms with Gasteiger partial charge in [-0.05, 0) is 54.8 Å². The lowest BCUT2D eigenvalue weighted by Crippen LogP contribution is -2.49. The highest BCUT2D eigenvalue weighted by molar-refractivity contribution is 7.89. The third-order valence-corrected chi connectivity index (χ3v) is 6.88. The lowest BCUT2D eigenvalue weighted by Gasteiger charge is -2.34. The van der Waals surface area contributed by atoms with Crippen molar-refractivity contribution in [2.75, 3.05) is 32.7 Å². The number of nitrogens with zero attached hydrogens (tertiary/aromatic N) is 2. The first kappa shape index (κ1) is 19.3. The molecule has 0 saturated carbocycles. The van der Waals surface area contributed by atoms with E-state index in [1.54, 1.807) is 6.92 Å². The molecule has 0 unspecified atom stereocenters. The number of benzene rings is 2. The normalized spacial score (nSPS) is 16.7. The molecular formula is C19H22ClFN2O2S. The molecule has 0 radical (unpaired) electrons. The van der Waals surface area contributed by atoms with E-state index in [-0.39, 0.29) is 4.90 Å². The summed E-state index contributed by atoms with van der Waals surface area (Å²) in [4.78, 5) is 2.42. The topological polar surface area (TPSA) is 40.6 Å². The van der Waals surface area contributed by atoms with Crippen molar-refractivity contribution in [1.29, 1.82) is 0 Å². The van der Waals surface area contributed by atoms with E-state index in [0.29, 0.717) is 31.7 Å². The van der Waals surface area contributed by atoms with Crippen LogP contribution in [0.3, 0.4) is 0 Å². The minimum absolute atomic E-state index is 0.158. The van der Waals surface area contributed by atoms with Crippen LogP contribution in [0.2, 0.25) is 5.02 Å². The average Bonchev–Trinajstić information content (AvgIpc) is 2.64. The van der Waals surface area contributed by atoms with Gasteiger partial charge in [-0.2, -0.15) is 4.31 Å². The van der Waals surface area contributed by atoms with Crippen LogP contribution in [-0.2, 0) is 16.4 Å². The smallest absolute Gasteiger partial charge is 0.243 e. The molecule has 4 nitrogen and oxygen atoms in total. The van der Waals surface area contributed by atoms with Crippen LogP contribution < -0.4 is 0 Å². The summed E-state index contributed by atoms with van der Waals surface area (Å²) in [6.07, 6.45) is 0.904. The van der Waals surface area contributed by atoms with Crippen LogP contribution in [0.15, 0.2) is 47.4 Å². The molecule has 0 aliphatic carbocycles. The van der Waals surface area contributed by atoms with Crippen molar-refractivity contribution < 1.29 is 12.8 Å². The Morgan fingerprint density at radius 1 is 1.04 bits per heavy atom. The quantitative estimate of drug-likeness (QED) is 0.778. The van der Waals surface area contributed by atoms with E-state index >= 15 is 0 Å². The van der Waals surface area contributed by atoms with Crippen molar-refractivity contribution in [2.24, 2.45) is 0 Å². The summed E-state index contributed by atoms with van der Waals surface area (Å²) >= 11 is 5.89. The SMILES string of the molecule is Cc1cc(S(=O)(=O)N2CCN(CCc3ccc(Cl)cc3)CC2)ccc1F. The largest absolute Gasteiger partial charge is 0.300 e. The van der Waals surface area contributed by atoms with Crippen LogP contribution in [0.25, 0.3) is 0 Å². The Hall–Kier alpha value is -1.47. The number of halogens is 2. The molecule has 1 saturated heterocycles. The van der Waals surface area contributed by atoms with Crippen LogP contribution in [-0.4, -0.2) is 50.3 Å². The molecule has 2 aromatic rings. The van der Waals surface area contributed by atoms with Gasteiger partial charge in [-0.25, -0.2) is 12.8 Å². The average molecular weight is 397 g/mol. The molecule has 1 heterocycles. The minimum Gasteiger partial charge on any atom is -0.300 e. The predicted molar refractivity (Wildman–Crippen MR) is 101 cm³/mol. The highest BCUT2D eigenvalue weighted by Crippen LogP contribution is 2.20. The molecule has 0 atom stereocenters. The van der Waals surface area contributed by atoms with Crippen molar-refractivity contribution in [3.8, 4) is 0 Å². The molecule has 140 valence electrons. The summed E-state index contributed by atoms with van der Waals surface area (Å²) in [5.41, 5.74) is 1.55. The van der Waals surface area contributed by atoms with Crippen molar-refractivity contribution in [1.82, 2.24) is 9.21 Å². The monoisotopic (exact) mass is 396 g/mol. The third-order valence-electron chi connectivity index (χ3n) is 4.73. The number of aryl methyl sites for hydroxylation is 1. The van der Waals surface area contributed by atoms with Crippen LogP contribution in [0.1, 0.15) is 11.1 Å². The van der Waals surface area contributed by atoms with E-state index in [9.17, 15) is 12.8 Å². The van der Waals surface area contributed by atoms with E-state index in [1.165, 1.54) is 28.1 Å². The standard InChI is InChI=1S/C19H22ClFN2O2S/c1-15-14-18(6-7-19(15)21)26(24,25)23-12-10-22(11-13-23)9-8-16-2-4-17(20)5-3-16/h2-7,14H,8-13H2,1H3. The Bertz CT molecular complexity index is 864. The Balaban J connectivity index is 1.57. The number of rotatable bonds is 5. The molecule has 0 spiro atoms. The molecule has 0 N–H and O–H groups in total. The Morgan fingerprint density at radius 3 is 2.31 bits per heavy atom. The zero-order valence-corrected chi connectivity index (χ0v) is 16.2. The van der Waals surface area contributed by atoms with Crippen LogP contribution in [0, 0.1) is 12.7 Å². The maximum atomic E-state index is 13.4. The maximum absolute atomic E-state index is 13.4. The number of piperazine rings is 1. The summed E-state index contributed by atoms with van der Waals surface area (Å²) in [5, 5.41) is 0.726. The summed E-state index contributed by atoms with van der Waals surface area (Å²) in [7, 11) is -3.57. The van der Waals surface area contributed by atoms with E-state index in [1.807, 2.05) is 24.3 Å². The molecule has 1 fully saturated rings. The van der Waals surface area contributed by atoms with Crippen molar-refractivity contribution in [3.05, 3.63) is 64.4 Å². The summed E-state index contributed by atoms with van der Waals surface area (Å²) < 4.78 is 40.4. The van der Waals surface area contributed by atoms with Gasteiger partial charge in [0, 0.05) is 37.7 Å². The van der Waals surface area contributed by atoms with Crippen LogP contribution in [0.4, 0.5) is 4.39 Å². The zero-order chi connectivity index (χ0) is 18.7. The highest BCUT2D eigenvalue weighted by Gasteiger charge is 2.28. The van der Waals surface area contributed by atoms with E-state index in [0.717, 1.165) is 18.0 Å². The van der Waals surface area contributed by atoms with Gasteiger partial charge in [0.1, 0.15) is 5.82 Å². The van der Waals surface area contributed by atoms with E-state index in [4.69, 9.17) is 11.6 Å². The molecular weight excluding hydrogens is 375 g/mol. The van der Waals surface area contributed by atoms with Gasteiger partial charge in [0.05, 0.1) is 4.90 Å². The predicted octanol–water partition coefficient (Wildman–Crippen LogP) is 3.34. The first-order chi connectivity index (χ1) is 12.4. The first-order valence-electron chi connectivity index (χ1n) is 8.59. The van der Waals surface area contributed by atoms with Gasteiger partial charge in [-0.3, -0.25) is 0 Å². The molecule has 0 aromatic heterocycles. The Morgan fingerprint density at radius 2 is 1.69 bits per heavy atom. The van der Waals surface area contributed by atoms with E-state index in [2.05, 4.69) is 4.90 Å². The lowest BCUT2D eigenvalue weighted by molar-refractivity contribution is 0.190. The molecule has 2 aromatic carbocycles. The van der Waals surface area contributed by atoms with Gasteiger partial charge in [-0.1, -0.05) is 23.7 Å². The number of hydrogen-bond acceptors (Lipinski definition) is 3. The Kier molecular flexibility index (Phi) is 5.97. The molecule has 26 heavy (non-hydrogen) atoms. The van der Waals surface area contributed by atoms with Gasteiger partial charge >= 0.3 is 0 Å². The number of sulfonamides is 1. The number of hydrogen-bond donors (Lipinski definition) is 0. The third kappa shape index (κ3) is 4.43. The molecule has 1 aliphatic heterocycles. The van der Waals surface area contributed by atoms with Crippen molar-refractivity contribution in [2.45, 2.75) is 18.2 Å². The second-order valence-electron chi connectivity index (χ2n) is 6.53. The van der Waals surface area contributed by atoms with Crippen molar-refractivity contribution >= 4 is 21.6 Å². The first-order valence-corrected chi connectivity index (χ1v) is 10.4. The maximum Gasteiger partial charge on any atom is 0.243 e. The molecule has 3 rings (SSSR count). The van der Waals surface area contributed by atoms with Gasteiger partial charge in [0.2, 0.25) is 10.0 Å². The Labute approximate surface area is 159 Å². The summed E-state index contributed by atoms with van der Waals surface area (Å²) in [6, 6.07) is 11.7. The minimum atomic E-state index is -3.57. The van der Waals surface area contributed by atoms with Crippen molar-refractivity contribution in [3.63, 3.8) is 0 Å². The highest BCUT2D eigenvalue weighted by atomic mass is 35.5. The second kappa shape index (κ2) is 8.05. The lowest BCUT2D eigenvalue weighted by atomic mass is 10.1. The molecule has 1 aliphatic rings. The van der Waals surface area contributed by atoms with Gasteiger partial charge in [0.15, 0.2) is 0 Å². The summed E-state index contributed by atoms with van der Waals surface area (Å²) in [6.45, 7) is 4.72. The fraction of sp³-hybridized carbons (Fsp3) is 0.368. The molecule has 7 heteroatoms. The fourth-order valence-electron chi connectivity index (χ4n) is 3.06. The molecule has 0 bridgehead atoms. The second-order valence-corrected chi connectivity index (χ2v) is 8.91. The molecule has 0 amide bonds.